The maximum Gasteiger partial charge on any atom is 0.319 e. The predicted octanol–water partition coefficient (Wildman–Crippen LogP) is 3.33. The van der Waals surface area contributed by atoms with Crippen molar-refractivity contribution in [3.63, 3.8) is 0 Å². The van der Waals surface area contributed by atoms with Gasteiger partial charge in [0.1, 0.15) is 5.82 Å². The normalized spacial score (nSPS) is 17.2. The molecule has 5 nitrogen and oxygen atoms in total. The van der Waals surface area contributed by atoms with E-state index in [1.807, 2.05) is 4.90 Å². The van der Waals surface area contributed by atoms with Crippen molar-refractivity contribution >= 4 is 29.4 Å². The van der Waals surface area contributed by atoms with Gasteiger partial charge in [0.05, 0.1) is 0 Å². The summed E-state index contributed by atoms with van der Waals surface area (Å²) >= 11 is 1.78. The zero-order valence-corrected chi connectivity index (χ0v) is 15.4. The van der Waals surface area contributed by atoms with Crippen LogP contribution in [0.3, 0.4) is 0 Å². The SMILES string of the molecule is CCSCCC(=O)N1CCCC(CNC(=O)Nc2cccc(F)c2)C1. The summed E-state index contributed by atoms with van der Waals surface area (Å²) in [5.41, 5.74) is 0.423. The van der Waals surface area contributed by atoms with Crippen LogP contribution in [0.25, 0.3) is 0 Å². The number of halogens is 1. The van der Waals surface area contributed by atoms with Crippen molar-refractivity contribution in [1.29, 1.82) is 0 Å². The molecule has 1 saturated heterocycles. The third kappa shape index (κ3) is 6.94. The summed E-state index contributed by atoms with van der Waals surface area (Å²) in [5.74, 6) is 1.97. The van der Waals surface area contributed by atoms with Gasteiger partial charge in [-0.05, 0) is 42.7 Å². The highest BCUT2D eigenvalue weighted by molar-refractivity contribution is 7.99. The first-order valence-corrected chi connectivity index (χ1v) is 9.90. The number of urea groups is 1. The number of likely N-dealkylation sites (tertiary alicyclic amines) is 1. The summed E-state index contributed by atoms with van der Waals surface area (Å²) < 4.78 is 13.1. The summed E-state index contributed by atoms with van der Waals surface area (Å²) in [5, 5.41) is 5.43. The number of carbonyl (C=O) groups excluding carboxylic acids is 2. The maximum absolute atomic E-state index is 13.1. The molecule has 0 bridgehead atoms. The van der Waals surface area contributed by atoms with Crippen molar-refractivity contribution in [3.8, 4) is 0 Å². The monoisotopic (exact) mass is 367 g/mol. The Balaban J connectivity index is 1.72. The number of thioether (sulfide) groups is 1. The maximum atomic E-state index is 13.1. The Morgan fingerprint density at radius 2 is 2.24 bits per heavy atom. The number of hydrogen-bond donors (Lipinski definition) is 2. The topological polar surface area (TPSA) is 61.4 Å². The minimum absolute atomic E-state index is 0.204. The molecule has 0 aliphatic carbocycles. The Morgan fingerprint density at radius 1 is 1.40 bits per heavy atom. The lowest BCUT2D eigenvalue weighted by Gasteiger charge is -2.33. The Morgan fingerprint density at radius 3 is 3.00 bits per heavy atom. The van der Waals surface area contributed by atoms with Crippen LogP contribution in [0.4, 0.5) is 14.9 Å². The standard InChI is InChI=1S/C18H26FN3O2S/c1-2-25-10-8-17(23)22-9-4-5-14(13-22)12-20-18(24)21-16-7-3-6-15(19)11-16/h3,6-7,11,14H,2,4-5,8-10,12-13H2,1H3,(H2,20,21,24). The number of piperidine rings is 1. The van der Waals surface area contributed by atoms with Crippen LogP contribution in [-0.2, 0) is 4.79 Å². The Bertz CT molecular complexity index is 585. The van der Waals surface area contributed by atoms with Crippen LogP contribution >= 0.6 is 11.8 Å². The van der Waals surface area contributed by atoms with Gasteiger partial charge in [-0.1, -0.05) is 13.0 Å². The molecule has 25 heavy (non-hydrogen) atoms. The largest absolute Gasteiger partial charge is 0.342 e. The number of hydrogen-bond acceptors (Lipinski definition) is 3. The molecule has 1 fully saturated rings. The van der Waals surface area contributed by atoms with Crippen LogP contribution in [0.5, 0.6) is 0 Å². The van der Waals surface area contributed by atoms with Crippen LogP contribution in [0.2, 0.25) is 0 Å². The van der Waals surface area contributed by atoms with Crippen LogP contribution in [0.15, 0.2) is 24.3 Å². The molecule has 1 aromatic carbocycles. The van der Waals surface area contributed by atoms with E-state index in [1.54, 1.807) is 23.9 Å². The average molecular weight is 367 g/mol. The van der Waals surface area contributed by atoms with E-state index in [9.17, 15) is 14.0 Å². The van der Waals surface area contributed by atoms with E-state index in [4.69, 9.17) is 0 Å². The molecular weight excluding hydrogens is 341 g/mol. The summed E-state index contributed by atoms with van der Waals surface area (Å²) in [6.07, 6.45) is 2.54. The van der Waals surface area contributed by atoms with Gasteiger partial charge in [-0.3, -0.25) is 4.79 Å². The Kier molecular flexibility index (Phi) is 8.04. The number of benzene rings is 1. The average Bonchev–Trinajstić information content (AvgIpc) is 2.60. The first-order valence-electron chi connectivity index (χ1n) is 8.74. The summed E-state index contributed by atoms with van der Waals surface area (Å²) in [7, 11) is 0. The van der Waals surface area contributed by atoms with Gasteiger partial charge >= 0.3 is 6.03 Å². The van der Waals surface area contributed by atoms with Gasteiger partial charge in [0, 0.05) is 37.5 Å². The number of carbonyl (C=O) groups is 2. The van der Waals surface area contributed by atoms with Crippen molar-refractivity contribution in [2.75, 3.05) is 36.5 Å². The van der Waals surface area contributed by atoms with E-state index < -0.39 is 0 Å². The molecule has 1 aliphatic rings. The summed E-state index contributed by atoms with van der Waals surface area (Å²) in [6.45, 7) is 4.10. The van der Waals surface area contributed by atoms with E-state index in [0.29, 0.717) is 25.2 Å². The van der Waals surface area contributed by atoms with Gasteiger partial charge in [0.15, 0.2) is 0 Å². The first-order chi connectivity index (χ1) is 12.1. The molecule has 138 valence electrons. The minimum atomic E-state index is -0.388. The lowest BCUT2D eigenvalue weighted by molar-refractivity contribution is -0.132. The molecule has 7 heteroatoms. The predicted molar refractivity (Wildman–Crippen MR) is 100 cm³/mol. The van der Waals surface area contributed by atoms with Crippen molar-refractivity contribution < 1.29 is 14.0 Å². The number of anilines is 1. The number of nitrogens with zero attached hydrogens (tertiary/aromatic N) is 1. The Hall–Kier alpha value is -1.76. The molecule has 1 aromatic rings. The molecular formula is C18H26FN3O2S. The van der Waals surface area contributed by atoms with E-state index in [-0.39, 0.29) is 23.7 Å². The molecule has 0 radical (unpaired) electrons. The van der Waals surface area contributed by atoms with Crippen molar-refractivity contribution in [2.45, 2.75) is 26.2 Å². The Labute approximate surface area is 152 Å². The van der Waals surface area contributed by atoms with Crippen LogP contribution in [-0.4, -0.2) is 48.0 Å². The van der Waals surface area contributed by atoms with E-state index in [2.05, 4.69) is 17.6 Å². The molecule has 0 aromatic heterocycles. The van der Waals surface area contributed by atoms with Gasteiger partial charge in [-0.25, -0.2) is 9.18 Å². The lowest BCUT2D eigenvalue weighted by Crippen LogP contribution is -2.44. The fourth-order valence-corrected chi connectivity index (χ4v) is 3.51. The van der Waals surface area contributed by atoms with Crippen molar-refractivity contribution in [2.24, 2.45) is 5.92 Å². The molecule has 0 spiro atoms. The van der Waals surface area contributed by atoms with Crippen LogP contribution < -0.4 is 10.6 Å². The molecule has 2 N–H and O–H groups in total. The zero-order chi connectivity index (χ0) is 18.1. The van der Waals surface area contributed by atoms with Gasteiger partial charge in [-0.2, -0.15) is 11.8 Å². The number of rotatable bonds is 7. The molecule has 1 atom stereocenters. The summed E-state index contributed by atoms with van der Waals surface area (Å²) in [4.78, 5) is 26.0. The van der Waals surface area contributed by atoms with E-state index >= 15 is 0 Å². The molecule has 2 rings (SSSR count). The van der Waals surface area contributed by atoms with Gasteiger partial charge in [0.25, 0.3) is 0 Å². The van der Waals surface area contributed by atoms with Crippen molar-refractivity contribution in [1.82, 2.24) is 10.2 Å². The van der Waals surface area contributed by atoms with Crippen molar-refractivity contribution in [3.05, 3.63) is 30.1 Å². The second kappa shape index (κ2) is 10.3. The van der Waals surface area contributed by atoms with E-state index in [1.165, 1.54) is 12.1 Å². The fraction of sp³-hybridized carbons (Fsp3) is 0.556. The number of nitrogens with one attached hydrogen (secondary N) is 2. The minimum Gasteiger partial charge on any atom is -0.342 e. The quantitative estimate of drug-likeness (QED) is 0.727. The number of amides is 3. The van der Waals surface area contributed by atoms with Gasteiger partial charge in [-0.15, -0.1) is 0 Å². The molecule has 0 saturated carbocycles. The fourth-order valence-electron chi connectivity index (χ4n) is 2.90. The zero-order valence-electron chi connectivity index (χ0n) is 14.6. The molecule has 1 aliphatic heterocycles. The van der Waals surface area contributed by atoms with Crippen LogP contribution in [0, 0.1) is 11.7 Å². The lowest BCUT2D eigenvalue weighted by atomic mass is 9.98. The first kappa shape index (κ1) is 19.6. The highest BCUT2D eigenvalue weighted by Crippen LogP contribution is 2.17. The second-order valence-corrected chi connectivity index (χ2v) is 7.53. The molecule has 1 unspecified atom stereocenters. The summed E-state index contributed by atoms with van der Waals surface area (Å²) in [6, 6.07) is 5.43. The highest BCUT2D eigenvalue weighted by atomic mass is 32.2. The van der Waals surface area contributed by atoms with Gasteiger partial charge < -0.3 is 15.5 Å². The third-order valence-electron chi connectivity index (χ3n) is 4.17. The molecule has 3 amide bonds. The second-order valence-electron chi connectivity index (χ2n) is 6.14. The van der Waals surface area contributed by atoms with E-state index in [0.717, 1.165) is 30.9 Å². The van der Waals surface area contributed by atoms with Crippen LogP contribution in [0.1, 0.15) is 26.2 Å². The third-order valence-corrected chi connectivity index (χ3v) is 5.07. The molecule has 1 heterocycles. The van der Waals surface area contributed by atoms with Gasteiger partial charge in [0.2, 0.25) is 5.91 Å². The smallest absolute Gasteiger partial charge is 0.319 e. The highest BCUT2D eigenvalue weighted by Gasteiger charge is 2.23.